The van der Waals surface area contributed by atoms with E-state index in [1.165, 1.54) is 29.7 Å². The van der Waals surface area contributed by atoms with Gasteiger partial charge in [-0.25, -0.2) is 4.39 Å². The van der Waals surface area contributed by atoms with Crippen molar-refractivity contribution in [2.75, 3.05) is 7.11 Å². The third-order valence-corrected chi connectivity index (χ3v) is 9.64. The van der Waals surface area contributed by atoms with Gasteiger partial charge < -0.3 is 10.1 Å². The predicted molar refractivity (Wildman–Crippen MR) is 143 cm³/mol. The van der Waals surface area contributed by atoms with Gasteiger partial charge >= 0.3 is 0 Å². The lowest BCUT2D eigenvalue weighted by molar-refractivity contribution is -0.129. The van der Waals surface area contributed by atoms with E-state index in [2.05, 4.69) is 30.4 Å². The number of ketones is 1. The third-order valence-electron chi connectivity index (χ3n) is 9.64. The number of carbonyl (C=O) groups excluding carboxylic acids is 2. The minimum absolute atomic E-state index is 0.0144. The zero-order valence-electron chi connectivity index (χ0n) is 22.2. The number of methoxy groups -OCH3 is 1. The lowest BCUT2D eigenvalue weighted by Gasteiger charge is -2.50. The van der Waals surface area contributed by atoms with Crippen LogP contribution in [-0.2, 0) is 22.6 Å². The number of benzene rings is 2. The summed E-state index contributed by atoms with van der Waals surface area (Å²) < 4.78 is 18.8. The van der Waals surface area contributed by atoms with E-state index < -0.39 is 0 Å². The quantitative estimate of drug-likeness (QED) is 0.384. The smallest absolute Gasteiger partial charge is 0.220 e. The minimum Gasteiger partial charge on any atom is -0.497 e. The number of rotatable bonds is 9. The van der Waals surface area contributed by atoms with Crippen molar-refractivity contribution >= 4 is 11.7 Å². The maximum atomic E-state index is 13.3. The Morgan fingerprint density at radius 3 is 2.81 bits per heavy atom. The molecule has 5 heteroatoms. The average Bonchev–Trinajstić information content (AvgIpc) is 3.16. The van der Waals surface area contributed by atoms with E-state index in [-0.39, 0.29) is 17.1 Å². The van der Waals surface area contributed by atoms with Crippen molar-refractivity contribution in [3.63, 3.8) is 0 Å². The highest BCUT2D eigenvalue weighted by Crippen LogP contribution is 2.62. The van der Waals surface area contributed by atoms with Gasteiger partial charge in [0.2, 0.25) is 5.91 Å². The number of unbranched alkanes of at least 4 members (excludes halogenated alkanes) is 2. The Morgan fingerprint density at radius 2 is 2.00 bits per heavy atom. The molecule has 0 aromatic heterocycles. The molecule has 2 fully saturated rings. The number of halogens is 1. The molecule has 2 aromatic carbocycles. The number of nitrogens with one attached hydrogen (secondary N) is 1. The van der Waals surface area contributed by atoms with Crippen LogP contribution in [0.4, 0.5) is 4.39 Å². The molecule has 3 aliphatic rings. The SMILES string of the molecule is COc1ccc2c(c1)CCC1C2CC[C@]2(C)C(=O)C[C@@H](CCCCCC(=O)NCc3cccc(F)c3)C12. The lowest BCUT2D eigenvalue weighted by Crippen LogP contribution is -2.44. The van der Waals surface area contributed by atoms with Crippen LogP contribution >= 0.6 is 0 Å². The van der Waals surface area contributed by atoms with Crippen LogP contribution in [0.3, 0.4) is 0 Å². The van der Waals surface area contributed by atoms with Gasteiger partial charge in [0.15, 0.2) is 0 Å². The first-order chi connectivity index (χ1) is 17.9. The molecule has 198 valence electrons. The average molecular weight is 506 g/mol. The predicted octanol–water partition coefficient (Wildman–Crippen LogP) is 6.75. The number of aryl methyl sites for hydroxylation is 1. The first kappa shape index (κ1) is 25.9. The fourth-order valence-corrected chi connectivity index (χ4v) is 7.82. The monoisotopic (exact) mass is 505 g/mol. The summed E-state index contributed by atoms with van der Waals surface area (Å²) in [5.74, 6) is 3.24. The van der Waals surface area contributed by atoms with Crippen LogP contribution in [0, 0.1) is 29.0 Å². The van der Waals surface area contributed by atoms with Gasteiger partial charge in [-0.15, -0.1) is 0 Å². The summed E-state index contributed by atoms with van der Waals surface area (Å²) >= 11 is 0. The van der Waals surface area contributed by atoms with Crippen molar-refractivity contribution in [3.05, 3.63) is 65.0 Å². The summed E-state index contributed by atoms with van der Waals surface area (Å²) in [6.07, 6.45) is 9.57. The van der Waals surface area contributed by atoms with E-state index in [0.717, 1.165) is 62.7 Å². The summed E-state index contributed by atoms with van der Waals surface area (Å²) in [6, 6.07) is 12.9. The van der Waals surface area contributed by atoms with E-state index in [0.29, 0.717) is 42.4 Å². The van der Waals surface area contributed by atoms with E-state index in [9.17, 15) is 14.0 Å². The van der Waals surface area contributed by atoms with Gasteiger partial charge in [0.1, 0.15) is 17.3 Å². The molecule has 0 aliphatic heterocycles. The van der Waals surface area contributed by atoms with Gasteiger partial charge in [0.25, 0.3) is 0 Å². The molecule has 0 spiro atoms. The molecule has 2 aromatic rings. The molecule has 0 heterocycles. The van der Waals surface area contributed by atoms with Gasteiger partial charge in [0, 0.05) is 24.8 Å². The molecule has 2 saturated carbocycles. The normalized spacial score (nSPS) is 28.2. The number of amides is 1. The van der Waals surface area contributed by atoms with Crippen LogP contribution in [0.5, 0.6) is 5.75 Å². The Balaban J connectivity index is 1.13. The summed E-state index contributed by atoms with van der Waals surface area (Å²) in [5.41, 5.74) is 3.53. The van der Waals surface area contributed by atoms with Crippen LogP contribution in [0.25, 0.3) is 0 Å². The van der Waals surface area contributed by atoms with E-state index in [1.807, 2.05) is 6.07 Å². The molecule has 1 N–H and O–H groups in total. The molecule has 1 amide bonds. The molecular weight excluding hydrogens is 465 g/mol. The van der Waals surface area contributed by atoms with Crippen molar-refractivity contribution in [2.45, 2.75) is 83.6 Å². The van der Waals surface area contributed by atoms with E-state index in [1.54, 1.807) is 13.2 Å². The van der Waals surface area contributed by atoms with Crippen molar-refractivity contribution in [2.24, 2.45) is 23.2 Å². The Bertz CT molecular complexity index is 1150. The standard InChI is InChI=1S/C32H40FNO3/c1-32-16-15-27-26-14-12-25(37-2)18-22(26)11-13-28(27)31(32)23(19-29(32)35)8-4-3-5-10-30(36)34-20-21-7-6-9-24(33)17-21/h6-7,9,12,14,17-18,23,27-28,31H,3-5,8,10-11,13,15-16,19-20H2,1-2H3,(H,34,36)/t23-,27?,28?,31?,32-/m1/s1. The van der Waals surface area contributed by atoms with Gasteiger partial charge in [-0.1, -0.05) is 38.0 Å². The molecule has 37 heavy (non-hydrogen) atoms. The highest BCUT2D eigenvalue weighted by Gasteiger charge is 2.58. The van der Waals surface area contributed by atoms with Crippen molar-refractivity contribution in [1.29, 1.82) is 0 Å². The van der Waals surface area contributed by atoms with Crippen LogP contribution in [0.1, 0.15) is 87.3 Å². The maximum absolute atomic E-state index is 13.3. The second-order valence-electron chi connectivity index (χ2n) is 11.7. The van der Waals surface area contributed by atoms with Gasteiger partial charge in [-0.05, 0) is 103 Å². The highest BCUT2D eigenvalue weighted by molar-refractivity contribution is 5.87. The van der Waals surface area contributed by atoms with Gasteiger partial charge in [-0.2, -0.15) is 0 Å². The van der Waals surface area contributed by atoms with Crippen LogP contribution in [-0.4, -0.2) is 18.8 Å². The molecule has 3 aliphatic carbocycles. The summed E-state index contributed by atoms with van der Waals surface area (Å²) in [7, 11) is 1.73. The second kappa shape index (κ2) is 11.0. The second-order valence-corrected chi connectivity index (χ2v) is 11.7. The number of ether oxygens (including phenoxy) is 1. The highest BCUT2D eigenvalue weighted by atomic mass is 19.1. The molecular formula is C32H40FNO3. The summed E-state index contributed by atoms with van der Waals surface area (Å²) in [6.45, 7) is 2.61. The van der Waals surface area contributed by atoms with Crippen molar-refractivity contribution in [1.82, 2.24) is 5.32 Å². The van der Waals surface area contributed by atoms with Crippen LogP contribution < -0.4 is 10.1 Å². The number of carbonyl (C=O) groups is 2. The zero-order valence-corrected chi connectivity index (χ0v) is 22.2. The molecule has 5 rings (SSSR count). The van der Waals surface area contributed by atoms with Crippen molar-refractivity contribution in [3.8, 4) is 5.75 Å². The Kier molecular flexibility index (Phi) is 7.69. The molecule has 0 saturated heterocycles. The Hall–Kier alpha value is -2.69. The largest absolute Gasteiger partial charge is 0.497 e. The summed E-state index contributed by atoms with van der Waals surface area (Å²) in [5, 5.41) is 2.89. The lowest BCUT2D eigenvalue weighted by atomic mass is 9.54. The number of hydrogen-bond donors (Lipinski definition) is 1. The van der Waals surface area contributed by atoms with E-state index in [4.69, 9.17) is 4.74 Å². The minimum atomic E-state index is -0.282. The first-order valence-corrected chi connectivity index (χ1v) is 14.1. The fraction of sp³-hybridized carbons (Fsp3) is 0.562. The van der Waals surface area contributed by atoms with Crippen LogP contribution in [0.2, 0.25) is 0 Å². The van der Waals surface area contributed by atoms with Gasteiger partial charge in [0.05, 0.1) is 7.11 Å². The third kappa shape index (κ3) is 5.32. The molecule has 0 bridgehead atoms. The molecule has 0 radical (unpaired) electrons. The van der Waals surface area contributed by atoms with Gasteiger partial charge in [-0.3, -0.25) is 9.59 Å². The summed E-state index contributed by atoms with van der Waals surface area (Å²) in [4.78, 5) is 25.5. The fourth-order valence-electron chi connectivity index (χ4n) is 7.82. The van der Waals surface area contributed by atoms with E-state index >= 15 is 0 Å². The molecule has 4 nitrogen and oxygen atoms in total. The Labute approximate surface area is 220 Å². The molecule has 3 unspecified atom stereocenters. The van der Waals surface area contributed by atoms with Crippen molar-refractivity contribution < 1.29 is 18.7 Å². The first-order valence-electron chi connectivity index (χ1n) is 14.1. The zero-order chi connectivity index (χ0) is 26.0. The topological polar surface area (TPSA) is 55.4 Å². The van der Waals surface area contributed by atoms with Crippen LogP contribution in [0.15, 0.2) is 42.5 Å². The molecule has 5 atom stereocenters. The Morgan fingerprint density at radius 1 is 1.14 bits per heavy atom. The maximum Gasteiger partial charge on any atom is 0.220 e. The number of Topliss-reactive ketones (excluding diaryl/α,β-unsaturated/α-hetero) is 1. The number of fused-ring (bicyclic) bond motifs is 5. The number of hydrogen-bond acceptors (Lipinski definition) is 3.